The van der Waals surface area contributed by atoms with Gasteiger partial charge in [0, 0.05) is 37.1 Å². The molecular weight excluding hydrogens is 527 g/mol. The van der Waals surface area contributed by atoms with Gasteiger partial charge in [-0.3, -0.25) is 4.79 Å². The second kappa shape index (κ2) is 10.6. The van der Waals surface area contributed by atoms with Gasteiger partial charge < -0.3 is 9.47 Å². The van der Waals surface area contributed by atoms with Crippen LogP contribution in [-0.4, -0.2) is 23.9 Å². The first kappa shape index (κ1) is 26.4. The van der Waals surface area contributed by atoms with E-state index >= 15 is 0 Å². The molecule has 0 spiro atoms. The molecular formula is C31H31FN4O3S. The Bertz CT molecular complexity index is 1650. The summed E-state index contributed by atoms with van der Waals surface area (Å²) in [6, 6.07) is 20.8. The minimum Gasteiger partial charge on any atom is -0.337 e. The van der Waals surface area contributed by atoms with Gasteiger partial charge in [0.1, 0.15) is 16.5 Å². The van der Waals surface area contributed by atoms with Gasteiger partial charge >= 0.3 is 0 Å². The molecule has 1 heterocycles. The fourth-order valence-corrected chi connectivity index (χ4v) is 7.04. The molecule has 6 rings (SSSR count). The predicted octanol–water partition coefficient (Wildman–Crippen LogP) is 5.25. The number of rotatable bonds is 8. The Morgan fingerprint density at radius 2 is 1.88 bits per heavy atom. The Hall–Kier alpha value is -3.82. The van der Waals surface area contributed by atoms with Gasteiger partial charge in [0.2, 0.25) is 15.9 Å². The van der Waals surface area contributed by atoms with E-state index in [-0.39, 0.29) is 22.6 Å². The lowest BCUT2D eigenvalue weighted by Gasteiger charge is -2.29. The van der Waals surface area contributed by atoms with Gasteiger partial charge in [-0.25, -0.2) is 22.5 Å². The lowest BCUT2D eigenvalue weighted by atomic mass is 9.87. The molecule has 7 nitrogen and oxygen atoms in total. The predicted molar refractivity (Wildman–Crippen MR) is 151 cm³/mol. The van der Waals surface area contributed by atoms with Crippen LogP contribution in [0.15, 0.2) is 90.1 Å². The molecule has 3 atom stereocenters. The maximum Gasteiger partial charge on any atom is 0.244 e. The molecule has 1 amide bonds. The van der Waals surface area contributed by atoms with Crippen molar-refractivity contribution >= 4 is 21.6 Å². The average Bonchev–Trinajstić information content (AvgIpc) is 3.66. The van der Waals surface area contributed by atoms with Crippen LogP contribution in [0.2, 0.25) is 0 Å². The molecule has 3 aromatic carbocycles. The molecule has 0 aliphatic heterocycles. The number of carbonyl (C=O) groups is 1. The summed E-state index contributed by atoms with van der Waals surface area (Å²) in [6.07, 6.45) is 6.53. The second-order valence-electron chi connectivity index (χ2n) is 10.6. The largest absolute Gasteiger partial charge is 0.337 e. The lowest BCUT2D eigenvalue weighted by Crippen LogP contribution is -2.34. The monoisotopic (exact) mass is 558 g/mol. The number of benzene rings is 3. The van der Waals surface area contributed by atoms with Crippen LogP contribution in [-0.2, 0) is 34.8 Å². The molecule has 206 valence electrons. The van der Waals surface area contributed by atoms with Crippen molar-refractivity contribution in [2.24, 2.45) is 13.0 Å². The Morgan fingerprint density at radius 1 is 1.10 bits per heavy atom. The number of hydrogen-bond acceptors (Lipinski definition) is 4. The van der Waals surface area contributed by atoms with E-state index in [9.17, 15) is 17.6 Å². The van der Waals surface area contributed by atoms with Gasteiger partial charge in [0.25, 0.3) is 0 Å². The Labute approximate surface area is 233 Å². The third-order valence-electron chi connectivity index (χ3n) is 8.00. The zero-order valence-electron chi connectivity index (χ0n) is 22.2. The fourth-order valence-electron chi connectivity index (χ4n) is 5.71. The number of aromatic nitrogens is 2. The first-order valence-electron chi connectivity index (χ1n) is 13.5. The van der Waals surface area contributed by atoms with Crippen molar-refractivity contribution in [1.29, 1.82) is 0 Å². The number of halogens is 1. The van der Waals surface area contributed by atoms with Gasteiger partial charge in [0.05, 0.1) is 6.54 Å². The quantitative estimate of drug-likeness (QED) is 0.320. The first-order valence-corrected chi connectivity index (χ1v) is 15.0. The Morgan fingerprint density at radius 3 is 2.62 bits per heavy atom. The average molecular weight is 559 g/mol. The van der Waals surface area contributed by atoms with Crippen molar-refractivity contribution in [3.63, 3.8) is 0 Å². The van der Waals surface area contributed by atoms with Crippen molar-refractivity contribution in [2.75, 3.05) is 4.90 Å². The standard InChI is InChI=1S/C31H31FN4O3S/c1-35-17-16-33-30(35)20-36(31(37)26-19-24(26)21-8-3-2-4-9-21)23-15-14-22-10-7-12-28(25(22)18-23)34-40(38,39)29-13-6-5-11-27(29)32/h2-6,8-9,11,13-18,24,26,28,34H,7,10,12,19-20H2,1H3/t24-,26+,28+/m0/s1. The second-order valence-corrected chi connectivity index (χ2v) is 12.3. The number of imidazole rings is 1. The minimum atomic E-state index is -4.09. The van der Waals surface area contributed by atoms with Gasteiger partial charge in [-0.15, -0.1) is 0 Å². The third kappa shape index (κ3) is 5.19. The number of fused-ring (bicyclic) bond motifs is 1. The van der Waals surface area contributed by atoms with E-state index in [0.29, 0.717) is 18.7 Å². The number of nitrogens with zero attached hydrogens (tertiary/aromatic N) is 3. The van der Waals surface area contributed by atoms with Crippen molar-refractivity contribution in [3.8, 4) is 0 Å². The lowest BCUT2D eigenvalue weighted by molar-refractivity contribution is -0.120. The highest BCUT2D eigenvalue weighted by Gasteiger charge is 2.46. The highest BCUT2D eigenvalue weighted by atomic mass is 32.2. The first-order chi connectivity index (χ1) is 19.3. The normalized spacial score (nSPS) is 20.1. The van der Waals surface area contributed by atoms with E-state index in [1.165, 1.54) is 18.2 Å². The van der Waals surface area contributed by atoms with Crippen LogP contribution >= 0.6 is 0 Å². The number of amides is 1. The van der Waals surface area contributed by atoms with Crippen LogP contribution in [0.4, 0.5) is 10.1 Å². The van der Waals surface area contributed by atoms with Crippen LogP contribution in [0.5, 0.6) is 0 Å². The molecule has 0 saturated heterocycles. The van der Waals surface area contributed by atoms with Crippen LogP contribution in [0, 0.1) is 11.7 Å². The maximum atomic E-state index is 14.4. The van der Waals surface area contributed by atoms with E-state index in [2.05, 4.69) is 21.8 Å². The smallest absolute Gasteiger partial charge is 0.244 e. The minimum absolute atomic E-state index is 0.0242. The molecule has 0 bridgehead atoms. The van der Waals surface area contributed by atoms with Gasteiger partial charge in [-0.1, -0.05) is 48.5 Å². The van der Waals surface area contributed by atoms with Crippen LogP contribution in [0.1, 0.15) is 53.7 Å². The molecule has 1 N–H and O–H groups in total. The highest BCUT2D eigenvalue weighted by Crippen LogP contribution is 2.49. The number of aryl methyl sites for hydroxylation is 2. The summed E-state index contributed by atoms with van der Waals surface area (Å²) in [4.78, 5) is 19.8. The molecule has 9 heteroatoms. The summed E-state index contributed by atoms with van der Waals surface area (Å²) in [6.45, 7) is 0.296. The zero-order valence-corrected chi connectivity index (χ0v) is 23.0. The maximum absolute atomic E-state index is 14.4. The molecule has 0 unspecified atom stereocenters. The van der Waals surface area contributed by atoms with Crippen LogP contribution in [0.3, 0.4) is 0 Å². The summed E-state index contributed by atoms with van der Waals surface area (Å²) >= 11 is 0. The highest BCUT2D eigenvalue weighted by molar-refractivity contribution is 7.89. The number of carbonyl (C=O) groups excluding carboxylic acids is 1. The topological polar surface area (TPSA) is 84.3 Å². The van der Waals surface area contributed by atoms with Crippen molar-refractivity contribution < 1.29 is 17.6 Å². The number of hydrogen-bond donors (Lipinski definition) is 1. The van der Waals surface area contributed by atoms with E-state index in [0.717, 1.165) is 47.8 Å². The molecule has 0 radical (unpaired) electrons. The summed E-state index contributed by atoms with van der Waals surface area (Å²) < 4.78 is 45.3. The molecule has 2 aliphatic carbocycles. The van der Waals surface area contributed by atoms with Gasteiger partial charge in [-0.2, -0.15) is 0 Å². The van der Waals surface area contributed by atoms with Gasteiger partial charge in [0.15, 0.2) is 0 Å². The number of nitrogens with one attached hydrogen (secondary N) is 1. The fraction of sp³-hybridized carbons (Fsp3) is 0.290. The number of anilines is 1. The van der Waals surface area contributed by atoms with Crippen LogP contribution < -0.4 is 9.62 Å². The Balaban J connectivity index is 1.32. The van der Waals surface area contributed by atoms with Crippen molar-refractivity contribution in [3.05, 3.63) is 114 Å². The third-order valence-corrected chi connectivity index (χ3v) is 9.51. The molecule has 2 aliphatic rings. The summed E-state index contributed by atoms with van der Waals surface area (Å²) in [5.41, 5.74) is 3.69. The van der Waals surface area contributed by atoms with Crippen molar-refractivity contribution in [2.45, 2.75) is 49.1 Å². The molecule has 1 aromatic heterocycles. The Kier molecular flexibility index (Phi) is 7.02. The summed E-state index contributed by atoms with van der Waals surface area (Å²) in [5.74, 6) is 0.0319. The van der Waals surface area contributed by atoms with Crippen LogP contribution in [0.25, 0.3) is 0 Å². The SMILES string of the molecule is Cn1ccnc1CN(C(=O)[C@@H]1C[C@H]1c1ccccc1)c1ccc2c(c1)[C@H](NS(=O)(=O)c1ccccc1F)CCC2. The zero-order chi connectivity index (χ0) is 27.9. The summed E-state index contributed by atoms with van der Waals surface area (Å²) in [7, 11) is -2.19. The summed E-state index contributed by atoms with van der Waals surface area (Å²) in [5, 5.41) is 0. The molecule has 40 heavy (non-hydrogen) atoms. The van der Waals surface area contributed by atoms with Crippen molar-refractivity contribution in [1.82, 2.24) is 14.3 Å². The van der Waals surface area contributed by atoms with E-state index in [4.69, 9.17) is 0 Å². The number of sulfonamides is 1. The molecule has 1 saturated carbocycles. The van der Waals surface area contributed by atoms with Gasteiger partial charge in [-0.05, 0) is 72.6 Å². The molecule has 4 aromatic rings. The van der Waals surface area contributed by atoms with E-state index in [1.807, 2.05) is 54.2 Å². The van der Waals surface area contributed by atoms with E-state index in [1.54, 1.807) is 11.1 Å². The molecule has 1 fully saturated rings. The van der Waals surface area contributed by atoms with E-state index < -0.39 is 21.9 Å².